The molecule has 4 aromatic rings. The molecule has 1 atom stereocenters. The minimum absolute atomic E-state index is 0.134. The van der Waals surface area contributed by atoms with E-state index in [1.165, 1.54) is 0 Å². The normalized spacial score (nSPS) is 16.0. The number of anilines is 2. The van der Waals surface area contributed by atoms with Crippen molar-refractivity contribution in [3.63, 3.8) is 0 Å². The van der Waals surface area contributed by atoms with Crippen LogP contribution in [0.3, 0.4) is 0 Å². The van der Waals surface area contributed by atoms with Crippen LogP contribution in [0.5, 0.6) is 0 Å². The quantitative estimate of drug-likeness (QED) is 0.302. The molecule has 0 unspecified atom stereocenters. The number of carbonyl (C=O) groups is 1. The van der Waals surface area contributed by atoms with Gasteiger partial charge in [-0.15, -0.1) is 10.2 Å². The van der Waals surface area contributed by atoms with Gasteiger partial charge in [0.25, 0.3) is 6.43 Å². The number of benzene rings is 1. The fourth-order valence-corrected chi connectivity index (χ4v) is 4.54. The van der Waals surface area contributed by atoms with Gasteiger partial charge in [0.05, 0.1) is 35.9 Å². The summed E-state index contributed by atoms with van der Waals surface area (Å²) in [6.07, 6.45) is 1.26. The Morgan fingerprint density at radius 1 is 1.25 bits per heavy atom. The van der Waals surface area contributed by atoms with E-state index in [2.05, 4.69) is 41.0 Å². The van der Waals surface area contributed by atoms with Gasteiger partial charge in [0.2, 0.25) is 11.8 Å². The molecule has 3 N–H and O–H groups in total. The van der Waals surface area contributed by atoms with Crippen LogP contribution in [0.1, 0.15) is 66.6 Å². The van der Waals surface area contributed by atoms with Gasteiger partial charge in [0.15, 0.2) is 0 Å². The van der Waals surface area contributed by atoms with Crippen molar-refractivity contribution in [1.82, 2.24) is 40.6 Å². The standard InChI is InChI=1S/C27H31F2N9O2/c1-15-21(12-31-35-15)34-26-30-9-7-19(33-26)16-5-6-18-17(11-16)13-38(14-22(28)29)10-8-20(18)32-23(39)24-36-37-25(40-24)27(2,3)4/h5-7,9,11-12,20,22H,8,10,13-14H2,1-4H3,(H,31,35)(H,32,39)(H,30,33,34)/t20-/m1/s1. The molecule has 0 fully saturated rings. The van der Waals surface area contributed by atoms with Gasteiger partial charge in [0, 0.05) is 30.3 Å². The number of hydrogen-bond donors (Lipinski definition) is 3. The lowest BCUT2D eigenvalue weighted by Gasteiger charge is -2.20. The van der Waals surface area contributed by atoms with E-state index in [1.54, 1.807) is 23.4 Å². The minimum atomic E-state index is -2.48. The van der Waals surface area contributed by atoms with Crippen LogP contribution in [-0.2, 0) is 12.0 Å². The number of hydrogen-bond acceptors (Lipinski definition) is 9. The van der Waals surface area contributed by atoms with Crippen LogP contribution in [0.15, 0.2) is 41.1 Å². The molecule has 1 amide bonds. The van der Waals surface area contributed by atoms with Crippen LogP contribution >= 0.6 is 0 Å². The Bertz CT molecular complexity index is 1500. The van der Waals surface area contributed by atoms with E-state index in [-0.39, 0.29) is 12.4 Å². The highest BCUT2D eigenvalue weighted by Gasteiger charge is 2.29. The summed E-state index contributed by atoms with van der Waals surface area (Å²) < 4.78 is 32.3. The van der Waals surface area contributed by atoms with Gasteiger partial charge in [0.1, 0.15) is 0 Å². The summed E-state index contributed by atoms with van der Waals surface area (Å²) in [5.41, 5.74) is 4.32. The molecule has 4 heterocycles. The largest absolute Gasteiger partial charge is 0.416 e. The first-order valence-electron chi connectivity index (χ1n) is 13.0. The number of H-pyrrole nitrogens is 1. The molecule has 1 aliphatic rings. The molecule has 0 bridgehead atoms. The lowest BCUT2D eigenvalue weighted by Crippen LogP contribution is -2.31. The molecule has 13 heteroatoms. The third-order valence-electron chi connectivity index (χ3n) is 6.64. The van der Waals surface area contributed by atoms with Crippen LogP contribution < -0.4 is 10.6 Å². The number of halogens is 2. The van der Waals surface area contributed by atoms with Gasteiger partial charge in [-0.05, 0) is 36.6 Å². The first kappa shape index (κ1) is 27.3. The van der Waals surface area contributed by atoms with Crippen LogP contribution in [0, 0.1) is 6.92 Å². The molecule has 0 radical (unpaired) electrons. The Balaban J connectivity index is 1.43. The zero-order valence-corrected chi connectivity index (χ0v) is 22.7. The molecule has 0 saturated heterocycles. The van der Waals surface area contributed by atoms with E-state index in [0.717, 1.165) is 28.1 Å². The van der Waals surface area contributed by atoms with Gasteiger partial charge in [-0.3, -0.25) is 14.8 Å². The number of fused-ring (bicyclic) bond motifs is 1. The zero-order chi connectivity index (χ0) is 28.4. The molecule has 11 nitrogen and oxygen atoms in total. The second-order valence-corrected chi connectivity index (χ2v) is 10.8. The Labute approximate surface area is 229 Å². The lowest BCUT2D eigenvalue weighted by atomic mass is 9.96. The average molecular weight is 552 g/mol. The Morgan fingerprint density at radius 2 is 2.08 bits per heavy atom. The number of aryl methyl sites for hydroxylation is 1. The smallest absolute Gasteiger partial charge is 0.309 e. The van der Waals surface area contributed by atoms with Gasteiger partial charge >= 0.3 is 11.8 Å². The Morgan fingerprint density at radius 3 is 2.77 bits per heavy atom. The summed E-state index contributed by atoms with van der Waals surface area (Å²) in [6.45, 7) is 7.93. The highest BCUT2D eigenvalue weighted by Crippen LogP contribution is 2.31. The number of aromatic amines is 1. The summed E-state index contributed by atoms with van der Waals surface area (Å²) >= 11 is 0. The molecule has 210 valence electrons. The first-order chi connectivity index (χ1) is 19.1. The summed E-state index contributed by atoms with van der Waals surface area (Å²) in [5, 5.41) is 20.9. The number of nitrogens with zero attached hydrogens (tertiary/aromatic N) is 6. The zero-order valence-electron chi connectivity index (χ0n) is 22.7. The van der Waals surface area contributed by atoms with Crippen molar-refractivity contribution < 1.29 is 18.0 Å². The van der Waals surface area contributed by atoms with E-state index in [1.807, 2.05) is 45.9 Å². The maximum Gasteiger partial charge on any atom is 0.309 e. The van der Waals surface area contributed by atoms with Gasteiger partial charge in [-0.1, -0.05) is 32.9 Å². The summed E-state index contributed by atoms with van der Waals surface area (Å²) in [7, 11) is 0. The molecule has 5 rings (SSSR count). The maximum atomic E-state index is 13.4. The van der Waals surface area contributed by atoms with Crippen LogP contribution in [0.25, 0.3) is 11.3 Å². The number of nitrogens with one attached hydrogen (secondary N) is 3. The van der Waals surface area contributed by atoms with Crippen molar-refractivity contribution in [2.24, 2.45) is 0 Å². The van der Waals surface area contributed by atoms with Crippen molar-refractivity contribution in [2.45, 2.75) is 58.5 Å². The van der Waals surface area contributed by atoms with Gasteiger partial charge in [-0.2, -0.15) is 5.10 Å². The molecule has 1 aromatic carbocycles. The predicted octanol–water partition coefficient (Wildman–Crippen LogP) is 4.54. The predicted molar refractivity (Wildman–Crippen MR) is 143 cm³/mol. The molecule has 1 aliphatic heterocycles. The molecule has 0 spiro atoms. The van der Waals surface area contributed by atoms with Crippen molar-refractivity contribution in [1.29, 1.82) is 0 Å². The van der Waals surface area contributed by atoms with Crippen LogP contribution in [0.4, 0.5) is 20.4 Å². The van der Waals surface area contributed by atoms with E-state index in [4.69, 9.17) is 4.42 Å². The van der Waals surface area contributed by atoms with Crippen molar-refractivity contribution >= 4 is 17.5 Å². The fourth-order valence-electron chi connectivity index (χ4n) is 4.54. The summed E-state index contributed by atoms with van der Waals surface area (Å²) in [4.78, 5) is 23.7. The van der Waals surface area contributed by atoms with E-state index in [9.17, 15) is 13.6 Å². The highest BCUT2D eigenvalue weighted by atomic mass is 19.3. The maximum absolute atomic E-state index is 13.4. The summed E-state index contributed by atoms with van der Waals surface area (Å²) in [6, 6.07) is 7.09. The Hall–Kier alpha value is -4.26. The molecular weight excluding hydrogens is 520 g/mol. The van der Waals surface area contributed by atoms with Crippen molar-refractivity contribution in [2.75, 3.05) is 18.4 Å². The van der Waals surface area contributed by atoms with Crippen LogP contribution in [-0.4, -0.2) is 60.7 Å². The average Bonchev–Trinajstić information content (AvgIpc) is 3.52. The number of aromatic nitrogens is 6. The van der Waals surface area contributed by atoms with Gasteiger partial charge < -0.3 is 15.1 Å². The third kappa shape index (κ3) is 6.14. The summed E-state index contributed by atoms with van der Waals surface area (Å²) in [5.74, 6) is 0.112. The highest BCUT2D eigenvalue weighted by molar-refractivity contribution is 5.89. The molecule has 3 aromatic heterocycles. The fraction of sp³-hybridized carbons (Fsp3) is 0.407. The molecule has 0 aliphatic carbocycles. The third-order valence-corrected chi connectivity index (χ3v) is 6.64. The van der Waals surface area contributed by atoms with Crippen LogP contribution in [0.2, 0.25) is 0 Å². The topological polar surface area (TPSA) is 138 Å². The monoisotopic (exact) mass is 551 g/mol. The van der Waals surface area contributed by atoms with Gasteiger partial charge in [-0.25, -0.2) is 18.7 Å². The molecule has 40 heavy (non-hydrogen) atoms. The second kappa shape index (κ2) is 11.1. The van der Waals surface area contributed by atoms with E-state index >= 15 is 0 Å². The number of rotatable bonds is 7. The molecule has 0 saturated carbocycles. The second-order valence-electron chi connectivity index (χ2n) is 10.8. The Kier molecular flexibility index (Phi) is 7.57. The number of carbonyl (C=O) groups excluding carboxylic acids is 1. The number of amides is 1. The SMILES string of the molecule is Cc1[nH]ncc1Nc1nccc(-c2ccc3c(c2)CN(CC(F)F)CC[C@H]3NC(=O)c2nnc(C(C)(C)C)o2)n1. The molecular formula is C27H31F2N9O2. The van der Waals surface area contributed by atoms with Crippen molar-refractivity contribution in [3.8, 4) is 11.3 Å². The van der Waals surface area contributed by atoms with Crippen molar-refractivity contribution in [3.05, 3.63) is 65.3 Å². The lowest BCUT2D eigenvalue weighted by molar-refractivity contribution is 0.0819. The van der Waals surface area contributed by atoms with E-state index in [0.29, 0.717) is 37.0 Å². The minimum Gasteiger partial charge on any atom is -0.416 e. The van der Waals surface area contributed by atoms with E-state index < -0.39 is 23.8 Å². The number of alkyl halides is 2. The first-order valence-corrected chi connectivity index (χ1v) is 13.0.